The van der Waals surface area contributed by atoms with Gasteiger partial charge in [0.15, 0.2) is 0 Å². The number of nitrogens with one attached hydrogen (secondary N) is 2. The van der Waals surface area contributed by atoms with Crippen molar-refractivity contribution in [2.75, 3.05) is 11.9 Å². The fourth-order valence-electron chi connectivity index (χ4n) is 2.29. The third-order valence-electron chi connectivity index (χ3n) is 3.82. The Labute approximate surface area is 135 Å². The lowest BCUT2D eigenvalue weighted by atomic mass is 10.2. The minimum Gasteiger partial charge on any atom is -0.350 e. The molecule has 6 heteroatoms. The van der Waals surface area contributed by atoms with Gasteiger partial charge in [-0.05, 0) is 50.6 Å². The predicted octanol–water partition coefficient (Wildman–Crippen LogP) is 2.20. The lowest BCUT2D eigenvalue weighted by Gasteiger charge is -2.08. The number of carbonyl (C=O) groups is 2. The average Bonchev–Trinajstić information content (AvgIpc) is 2.74. The van der Waals surface area contributed by atoms with Gasteiger partial charge in [-0.15, -0.1) is 0 Å². The molecule has 1 aromatic heterocycles. The Hall–Kier alpha value is -2.63. The zero-order valence-electron chi connectivity index (χ0n) is 13.9. The number of hydrogen-bond acceptors (Lipinski definition) is 3. The van der Waals surface area contributed by atoms with Crippen LogP contribution in [-0.2, 0) is 11.3 Å². The highest BCUT2D eigenvalue weighted by molar-refractivity contribution is 5.95. The Morgan fingerprint density at radius 1 is 1.13 bits per heavy atom. The second kappa shape index (κ2) is 7.09. The lowest BCUT2D eigenvalue weighted by molar-refractivity contribution is -0.114. The fourth-order valence-corrected chi connectivity index (χ4v) is 2.29. The Morgan fingerprint density at radius 2 is 1.78 bits per heavy atom. The van der Waals surface area contributed by atoms with E-state index in [9.17, 15) is 9.59 Å². The molecule has 0 fully saturated rings. The highest BCUT2D eigenvalue weighted by atomic mass is 16.2. The maximum absolute atomic E-state index is 12.1. The summed E-state index contributed by atoms with van der Waals surface area (Å²) in [6.45, 7) is 8.64. The minimum absolute atomic E-state index is 0.137. The molecule has 6 nitrogen and oxygen atoms in total. The van der Waals surface area contributed by atoms with Gasteiger partial charge in [0.05, 0.1) is 12.2 Å². The van der Waals surface area contributed by atoms with E-state index >= 15 is 0 Å². The monoisotopic (exact) mass is 314 g/mol. The molecule has 2 rings (SSSR count). The van der Waals surface area contributed by atoms with Crippen LogP contribution in [0, 0.1) is 20.8 Å². The van der Waals surface area contributed by atoms with E-state index in [1.807, 2.05) is 25.5 Å². The van der Waals surface area contributed by atoms with Gasteiger partial charge in [0.25, 0.3) is 5.91 Å². The van der Waals surface area contributed by atoms with Gasteiger partial charge in [0.1, 0.15) is 0 Å². The first-order valence-electron chi connectivity index (χ1n) is 7.55. The largest absolute Gasteiger partial charge is 0.350 e. The van der Waals surface area contributed by atoms with Crippen LogP contribution in [0.15, 0.2) is 24.3 Å². The molecule has 1 heterocycles. The van der Waals surface area contributed by atoms with E-state index in [1.165, 1.54) is 12.5 Å². The predicted molar refractivity (Wildman–Crippen MR) is 89.5 cm³/mol. The molecular weight excluding hydrogens is 292 g/mol. The zero-order valence-corrected chi connectivity index (χ0v) is 13.9. The molecule has 0 spiro atoms. The van der Waals surface area contributed by atoms with Crippen LogP contribution in [-0.4, -0.2) is 28.1 Å². The van der Waals surface area contributed by atoms with E-state index in [2.05, 4.69) is 15.7 Å². The molecule has 2 N–H and O–H groups in total. The summed E-state index contributed by atoms with van der Waals surface area (Å²) >= 11 is 0. The summed E-state index contributed by atoms with van der Waals surface area (Å²) in [4.78, 5) is 23.1. The maximum atomic E-state index is 12.1. The Kier molecular flexibility index (Phi) is 5.16. The molecule has 1 aromatic carbocycles. The van der Waals surface area contributed by atoms with Crippen LogP contribution in [0.3, 0.4) is 0 Å². The second-order valence-corrected chi connectivity index (χ2v) is 5.53. The van der Waals surface area contributed by atoms with Crippen LogP contribution in [0.5, 0.6) is 0 Å². The fraction of sp³-hybridized carbons (Fsp3) is 0.353. The van der Waals surface area contributed by atoms with Crippen molar-refractivity contribution >= 4 is 17.5 Å². The first-order valence-corrected chi connectivity index (χ1v) is 7.55. The molecule has 2 aromatic rings. The number of amides is 2. The van der Waals surface area contributed by atoms with Gasteiger partial charge < -0.3 is 10.6 Å². The summed E-state index contributed by atoms with van der Waals surface area (Å²) in [6.07, 6.45) is 0. The van der Waals surface area contributed by atoms with Crippen molar-refractivity contribution in [1.82, 2.24) is 15.1 Å². The van der Waals surface area contributed by atoms with Gasteiger partial charge >= 0.3 is 0 Å². The van der Waals surface area contributed by atoms with E-state index in [0.717, 1.165) is 11.4 Å². The van der Waals surface area contributed by atoms with Gasteiger partial charge in [-0.3, -0.25) is 14.3 Å². The molecule has 122 valence electrons. The van der Waals surface area contributed by atoms with E-state index in [-0.39, 0.29) is 11.8 Å². The van der Waals surface area contributed by atoms with Crippen LogP contribution >= 0.6 is 0 Å². The first kappa shape index (κ1) is 16.7. The third kappa shape index (κ3) is 4.18. The number of benzene rings is 1. The van der Waals surface area contributed by atoms with Crippen molar-refractivity contribution in [3.8, 4) is 0 Å². The van der Waals surface area contributed by atoms with E-state index in [4.69, 9.17) is 0 Å². The second-order valence-electron chi connectivity index (χ2n) is 5.53. The minimum atomic E-state index is -0.141. The number of anilines is 1. The van der Waals surface area contributed by atoms with Crippen molar-refractivity contribution in [2.45, 2.75) is 34.2 Å². The molecule has 0 atom stereocenters. The Balaban J connectivity index is 1.89. The summed E-state index contributed by atoms with van der Waals surface area (Å²) in [5.74, 6) is -0.278. The molecule has 0 radical (unpaired) electrons. The highest BCUT2D eigenvalue weighted by Crippen LogP contribution is 2.11. The molecule has 0 saturated carbocycles. The van der Waals surface area contributed by atoms with E-state index < -0.39 is 0 Å². The molecule has 0 aliphatic carbocycles. The summed E-state index contributed by atoms with van der Waals surface area (Å²) in [5, 5.41) is 9.99. The molecule has 0 aliphatic rings. The van der Waals surface area contributed by atoms with Gasteiger partial charge in [0, 0.05) is 30.4 Å². The number of rotatable bonds is 5. The number of aryl methyl sites for hydroxylation is 1. The first-order chi connectivity index (χ1) is 10.9. The van der Waals surface area contributed by atoms with E-state index in [0.29, 0.717) is 24.3 Å². The van der Waals surface area contributed by atoms with Gasteiger partial charge in [-0.1, -0.05) is 0 Å². The molecule has 0 unspecified atom stereocenters. The smallest absolute Gasteiger partial charge is 0.251 e. The zero-order chi connectivity index (χ0) is 17.0. The van der Waals surface area contributed by atoms with Crippen LogP contribution in [0.25, 0.3) is 0 Å². The van der Waals surface area contributed by atoms with Crippen LogP contribution < -0.4 is 10.6 Å². The molecule has 0 aliphatic heterocycles. The Bertz CT molecular complexity index is 717. The number of aromatic nitrogens is 2. The van der Waals surface area contributed by atoms with Crippen LogP contribution in [0.1, 0.15) is 34.2 Å². The summed E-state index contributed by atoms with van der Waals surface area (Å²) in [7, 11) is 0. The third-order valence-corrected chi connectivity index (χ3v) is 3.82. The van der Waals surface area contributed by atoms with Gasteiger partial charge in [0.2, 0.25) is 5.91 Å². The summed E-state index contributed by atoms with van der Waals surface area (Å²) in [5.41, 5.74) is 4.56. The standard InChI is InChI=1S/C17H22N4O2/c1-11-12(2)20-21(13(11)3)10-9-18-17(23)15-5-7-16(8-6-15)19-14(4)22/h5-8H,9-10H2,1-4H3,(H,18,23)(H,19,22). The molecule has 0 bridgehead atoms. The normalized spacial score (nSPS) is 10.4. The topological polar surface area (TPSA) is 76.0 Å². The van der Waals surface area contributed by atoms with Crippen molar-refractivity contribution in [2.24, 2.45) is 0 Å². The van der Waals surface area contributed by atoms with E-state index in [1.54, 1.807) is 24.3 Å². The SMILES string of the molecule is CC(=O)Nc1ccc(C(=O)NCCn2nc(C)c(C)c2C)cc1. The number of hydrogen-bond donors (Lipinski definition) is 2. The van der Waals surface area contributed by atoms with Crippen molar-refractivity contribution < 1.29 is 9.59 Å². The van der Waals surface area contributed by atoms with Crippen molar-refractivity contribution in [1.29, 1.82) is 0 Å². The van der Waals surface area contributed by atoms with Crippen LogP contribution in [0.4, 0.5) is 5.69 Å². The summed E-state index contributed by atoms with van der Waals surface area (Å²) < 4.78 is 1.91. The van der Waals surface area contributed by atoms with Gasteiger partial charge in [-0.2, -0.15) is 5.10 Å². The Morgan fingerprint density at radius 3 is 2.30 bits per heavy atom. The molecule has 23 heavy (non-hydrogen) atoms. The highest BCUT2D eigenvalue weighted by Gasteiger charge is 2.08. The number of carbonyl (C=O) groups excluding carboxylic acids is 2. The lowest BCUT2D eigenvalue weighted by Crippen LogP contribution is -2.27. The molecule has 2 amide bonds. The van der Waals surface area contributed by atoms with Crippen LogP contribution in [0.2, 0.25) is 0 Å². The maximum Gasteiger partial charge on any atom is 0.251 e. The quantitative estimate of drug-likeness (QED) is 0.888. The summed E-state index contributed by atoms with van der Waals surface area (Å²) in [6, 6.07) is 6.80. The molecular formula is C17H22N4O2. The van der Waals surface area contributed by atoms with Crippen molar-refractivity contribution in [3.63, 3.8) is 0 Å². The molecule has 0 saturated heterocycles. The average molecular weight is 314 g/mol. The van der Waals surface area contributed by atoms with Gasteiger partial charge in [-0.25, -0.2) is 0 Å². The number of nitrogens with zero attached hydrogens (tertiary/aromatic N) is 2. The van der Waals surface area contributed by atoms with Crippen molar-refractivity contribution in [3.05, 3.63) is 46.8 Å².